The van der Waals surface area contributed by atoms with E-state index < -0.39 is 44.9 Å². The van der Waals surface area contributed by atoms with Crippen LogP contribution in [-0.4, -0.2) is 118 Å². The first-order valence-electron chi connectivity index (χ1n) is 21.0. The second-order valence-electron chi connectivity index (χ2n) is 16.3. The van der Waals surface area contributed by atoms with Gasteiger partial charge in [-0.2, -0.15) is 12.7 Å². The number of carbonyl (C=O) groups is 4. The molecule has 0 radical (unpaired) electrons. The lowest BCUT2D eigenvalue weighted by Gasteiger charge is -2.35. The Morgan fingerprint density at radius 2 is 1.57 bits per heavy atom. The molecule has 1 atom stereocenters. The molecule has 19 heteroatoms. The number of ketones is 1. The summed E-state index contributed by atoms with van der Waals surface area (Å²) in [7, 11) is -2.85. The van der Waals surface area contributed by atoms with Gasteiger partial charge in [0.25, 0.3) is 0 Å². The molecule has 5 aromatic rings. The minimum Gasteiger partial charge on any atom is -0.374 e. The van der Waals surface area contributed by atoms with E-state index in [1.165, 1.54) is 18.8 Å². The Labute approximate surface area is 363 Å². The Balaban J connectivity index is 0.834. The zero-order valence-electron chi connectivity index (χ0n) is 34.9. The Hall–Kier alpha value is -6.18. The summed E-state index contributed by atoms with van der Waals surface area (Å²) < 4.78 is 58.7. The van der Waals surface area contributed by atoms with Gasteiger partial charge in [-0.05, 0) is 87.0 Å². The maximum Gasteiger partial charge on any atom is 0.301 e. The fourth-order valence-corrected chi connectivity index (χ4v) is 9.33. The van der Waals surface area contributed by atoms with E-state index in [1.54, 1.807) is 31.6 Å². The Bertz CT molecular complexity index is 2650. The first-order valence-corrected chi connectivity index (χ1v) is 22.5. The van der Waals surface area contributed by atoms with Crippen molar-refractivity contribution in [1.82, 2.24) is 39.4 Å². The van der Waals surface area contributed by atoms with E-state index in [4.69, 9.17) is 0 Å². The van der Waals surface area contributed by atoms with Gasteiger partial charge in [0.05, 0.1) is 17.8 Å². The second-order valence-corrected chi connectivity index (χ2v) is 18.0. The van der Waals surface area contributed by atoms with Crippen LogP contribution >= 0.6 is 0 Å². The number of H-pyrrole nitrogens is 1. The smallest absolute Gasteiger partial charge is 0.301 e. The number of imide groups is 1. The first-order chi connectivity index (χ1) is 30.3. The molecule has 3 aromatic heterocycles. The number of fused-ring (bicyclic) bond motifs is 1. The number of pyridine rings is 1. The minimum atomic E-state index is -4.15. The van der Waals surface area contributed by atoms with Crippen LogP contribution in [0.15, 0.2) is 67.3 Å². The van der Waals surface area contributed by atoms with E-state index in [-0.39, 0.29) is 35.7 Å². The highest BCUT2D eigenvalue weighted by Crippen LogP contribution is 2.32. The molecule has 16 nitrogen and oxygen atoms in total. The largest absolute Gasteiger partial charge is 0.374 e. The van der Waals surface area contributed by atoms with Gasteiger partial charge in [0.2, 0.25) is 23.5 Å². The molecular weight excluding hydrogens is 835 g/mol. The summed E-state index contributed by atoms with van der Waals surface area (Å²) in [5.41, 5.74) is 2.01. The lowest BCUT2D eigenvalue weighted by Crippen LogP contribution is -2.47. The van der Waals surface area contributed by atoms with Gasteiger partial charge in [0.1, 0.15) is 23.3 Å². The molecule has 0 spiro atoms. The van der Waals surface area contributed by atoms with Gasteiger partial charge in [0, 0.05) is 91.6 Å². The number of hydrogen-bond donors (Lipinski definition) is 4. The van der Waals surface area contributed by atoms with Crippen molar-refractivity contribution in [2.45, 2.75) is 63.3 Å². The van der Waals surface area contributed by atoms with Crippen LogP contribution in [-0.2, 0) is 24.6 Å². The lowest BCUT2D eigenvalue weighted by atomic mass is 9.89. The minimum absolute atomic E-state index is 0.0589. The molecule has 3 saturated heterocycles. The number of piperidine rings is 3. The molecule has 3 aliphatic rings. The van der Waals surface area contributed by atoms with E-state index in [0.717, 1.165) is 60.9 Å². The predicted molar refractivity (Wildman–Crippen MR) is 231 cm³/mol. The highest BCUT2D eigenvalue weighted by molar-refractivity contribution is 7.90. The maximum absolute atomic E-state index is 15.6. The summed E-state index contributed by atoms with van der Waals surface area (Å²) >= 11 is 0. The first kappa shape index (κ1) is 43.5. The van der Waals surface area contributed by atoms with Gasteiger partial charge < -0.3 is 15.2 Å². The highest BCUT2D eigenvalue weighted by Gasteiger charge is 2.31. The monoisotopic (exact) mass is 882 g/mol. The molecule has 63 heavy (non-hydrogen) atoms. The van der Waals surface area contributed by atoms with Crippen molar-refractivity contribution >= 4 is 56.1 Å². The average molecular weight is 883 g/mol. The van der Waals surface area contributed by atoms with Crippen molar-refractivity contribution in [2.24, 2.45) is 0 Å². The van der Waals surface area contributed by atoms with Crippen LogP contribution in [0.25, 0.3) is 22.2 Å². The van der Waals surface area contributed by atoms with Gasteiger partial charge in [-0.25, -0.2) is 23.7 Å². The third-order valence-corrected chi connectivity index (χ3v) is 13.9. The van der Waals surface area contributed by atoms with Crippen LogP contribution in [0.1, 0.15) is 84.6 Å². The number of carbonyl (C=O) groups excluding carboxylic acids is 4. The number of hydrogen-bond acceptors (Lipinski definition) is 11. The summed E-state index contributed by atoms with van der Waals surface area (Å²) in [6.07, 6.45) is 10.3. The molecule has 3 aliphatic heterocycles. The molecule has 0 aliphatic carbocycles. The van der Waals surface area contributed by atoms with Crippen molar-refractivity contribution in [1.29, 1.82) is 0 Å². The van der Waals surface area contributed by atoms with E-state index >= 15 is 8.78 Å². The molecule has 3 amide bonds. The molecule has 8 rings (SSSR count). The number of amides is 3. The van der Waals surface area contributed by atoms with Crippen molar-refractivity contribution in [3.63, 3.8) is 0 Å². The van der Waals surface area contributed by atoms with Crippen molar-refractivity contribution < 1.29 is 36.4 Å². The Kier molecular flexibility index (Phi) is 12.6. The van der Waals surface area contributed by atoms with E-state index in [0.29, 0.717) is 66.4 Å². The molecule has 6 heterocycles. The fourth-order valence-electron chi connectivity index (χ4n) is 8.39. The van der Waals surface area contributed by atoms with Gasteiger partial charge in [0.15, 0.2) is 5.82 Å². The van der Waals surface area contributed by atoms with E-state index in [2.05, 4.69) is 52.3 Å². The second kappa shape index (κ2) is 18.3. The topological polar surface area (TPSA) is 203 Å². The van der Waals surface area contributed by atoms with Crippen LogP contribution in [0, 0.1) is 11.6 Å². The number of aromatic amines is 1. The normalized spacial score (nSPS) is 18.2. The molecule has 4 N–H and O–H groups in total. The summed E-state index contributed by atoms with van der Waals surface area (Å²) in [4.78, 5) is 71.3. The molecule has 2 aromatic carbocycles. The number of aromatic nitrogens is 4. The van der Waals surface area contributed by atoms with E-state index in [1.807, 2.05) is 17.0 Å². The number of benzene rings is 2. The zero-order chi connectivity index (χ0) is 44.4. The average Bonchev–Trinajstić information content (AvgIpc) is 3.72. The van der Waals surface area contributed by atoms with Crippen LogP contribution in [0.5, 0.6) is 0 Å². The number of nitrogens with one attached hydrogen (secondary N) is 4. The summed E-state index contributed by atoms with van der Waals surface area (Å²) in [5, 5.41) is 5.89. The van der Waals surface area contributed by atoms with Crippen molar-refractivity contribution in [3.8, 4) is 11.1 Å². The number of rotatable bonds is 13. The standard InChI is InChI=1S/C44H48F2N10O6S/c1-3-54(2)63(61,62)53-35-9-8-34(45)39(40(35)46)41(59)33-24-50-43-32(33)20-29(21-49-43)30-22-47-42(48-23-30)28-14-18-56(19-15-28)38(58)25-55-16-12-27(13-17-55)26-4-6-31(7-5-26)51-36-10-11-37(57)52-44(36)60/h4-9,20-24,27-28,36,51,53H,3,10-19,25H2,1-2H3,(H,49,50)(H,52,57,60). The summed E-state index contributed by atoms with van der Waals surface area (Å²) in [6, 6.07) is 11.1. The van der Waals surface area contributed by atoms with Crippen molar-refractivity contribution in [2.75, 3.05) is 56.4 Å². The number of nitrogens with zero attached hydrogens (tertiary/aromatic N) is 6. The molecule has 1 unspecified atom stereocenters. The number of anilines is 2. The van der Waals surface area contributed by atoms with Crippen molar-refractivity contribution in [3.05, 3.63) is 101 Å². The van der Waals surface area contributed by atoms with Crippen LogP contribution < -0.4 is 15.4 Å². The molecular formula is C44H48F2N10O6S. The number of halogens is 2. The third kappa shape index (κ3) is 9.45. The molecule has 330 valence electrons. The van der Waals surface area contributed by atoms with Gasteiger partial charge in [-0.3, -0.25) is 34.1 Å². The predicted octanol–water partition coefficient (Wildman–Crippen LogP) is 4.94. The lowest BCUT2D eigenvalue weighted by molar-refractivity contribution is -0.134. The third-order valence-electron chi connectivity index (χ3n) is 12.3. The molecule has 0 saturated carbocycles. The maximum atomic E-state index is 15.6. The zero-order valence-corrected chi connectivity index (χ0v) is 35.7. The molecule has 3 fully saturated rings. The van der Waals surface area contributed by atoms with E-state index in [9.17, 15) is 27.6 Å². The highest BCUT2D eigenvalue weighted by atomic mass is 32.2. The van der Waals surface area contributed by atoms with Crippen LogP contribution in [0.3, 0.4) is 0 Å². The SMILES string of the molecule is CCN(C)S(=O)(=O)Nc1ccc(F)c(C(=O)c2c[nH]c3ncc(-c4cnc(C5CCN(C(=O)CN6CCC(c7ccc(NC8CCC(=O)NC8=O)cc7)CC6)CC5)nc4)cc23)c1F. The van der Waals surface area contributed by atoms with Gasteiger partial charge >= 0.3 is 10.2 Å². The number of likely N-dealkylation sites (tertiary alicyclic amines) is 2. The van der Waals surface area contributed by atoms with Gasteiger partial charge in [-0.1, -0.05) is 19.1 Å². The fraction of sp³-hybridized carbons (Fsp3) is 0.386. The van der Waals surface area contributed by atoms with Crippen LogP contribution in [0.4, 0.5) is 20.2 Å². The van der Waals surface area contributed by atoms with Crippen LogP contribution in [0.2, 0.25) is 0 Å². The summed E-state index contributed by atoms with van der Waals surface area (Å²) in [5.74, 6) is -2.81. The molecule has 0 bridgehead atoms. The van der Waals surface area contributed by atoms with Gasteiger partial charge in [-0.15, -0.1) is 0 Å². The summed E-state index contributed by atoms with van der Waals surface area (Å²) in [6.45, 7) is 4.91. The Morgan fingerprint density at radius 3 is 2.25 bits per heavy atom. The Morgan fingerprint density at radius 1 is 0.889 bits per heavy atom. The quantitative estimate of drug-likeness (QED) is 0.0922.